The maximum atomic E-state index is 11.3. The van der Waals surface area contributed by atoms with Crippen molar-refractivity contribution < 1.29 is 9.90 Å². The molecule has 3 nitrogen and oxygen atoms in total. The van der Waals surface area contributed by atoms with Gasteiger partial charge < -0.3 is 5.11 Å². The van der Waals surface area contributed by atoms with Crippen LogP contribution >= 0.6 is 11.6 Å². The van der Waals surface area contributed by atoms with Gasteiger partial charge in [-0.25, -0.2) is 0 Å². The lowest BCUT2D eigenvalue weighted by molar-refractivity contribution is -0.143. The van der Waals surface area contributed by atoms with Gasteiger partial charge in [0.05, 0.1) is 0 Å². The molecule has 4 heteroatoms. The van der Waals surface area contributed by atoms with Gasteiger partial charge in [0.2, 0.25) is 0 Å². The standard InChI is InChI=1S/C13H18ClNO2/c1-3-15(4-2)12(13(16)17)9-10-5-7-11(14)8-6-10/h5-8,12H,3-4,9H2,1-2H3,(H,16,17)/t12-/m0/s1. The molecule has 0 aliphatic heterocycles. The summed E-state index contributed by atoms with van der Waals surface area (Å²) < 4.78 is 0. The van der Waals surface area contributed by atoms with E-state index in [-0.39, 0.29) is 0 Å². The zero-order chi connectivity index (χ0) is 12.8. The number of carboxylic acids is 1. The van der Waals surface area contributed by atoms with Gasteiger partial charge in [-0.1, -0.05) is 37.6 Å². The van der Waals surface area contributed by atoms with Crippen LogP contribution in [-0.4, -0.2) is 35.1 Å². The quantitative estimate of drug-likeness (QED) is 0.850. The second-order valence-electron chi connectivity index (χ2n) is 3.91. The second-order valence-corrected chi connectivity index (χ2v) is 4.34. The Morgan fingerprint density at radius 2 is 1.82 bits per heavy atom. The van der Waals surface area contributed by atoms with Gasteiger partial charge in [-0.05, 0) is 37.2 Å². The van der Waals surface area contributed by atoms with Crippen molar-refractivity contribution >= 4 is 17.6 Å². The molecule has 0 bridgehead atoms. The van der Waals surface area contributed by atoms with E-state index in [1.165, 1.54) is 0 Å². The Bertz CT molecular complexity index is 360. The van der Waals surface area contributed by atoms with E-state index < -0.39 is 12.0 Å². The molecule has 0 aromatic heterocycles. The Morgan fingerprint density at radius 3 is 2.24 bits per heavy atom. The third kappa shape index (κ3) is 4.02. The van der Waals surface area contributed by atoms with Crippen LogP contribution in [0.4, 0.5) is 0 Å². The Kier molecular flexibility index (Phi) is 5.45. The van der Waals surface area contributed by atoms with Crippen molar-refractivity contribution in [3.05, 3.63) is 34.9 Å². The molecule has 1 N–H and O–H groups in total. The lowest BCUT2D eigenvalue weighted by Crippen LogP contribution is -2.42. The summed E-state index contributed by atoms with van der Waals surface area (Å²) in [6.07, 6.45) is 0.508. The van der Waals surface area contributed by atoms with Crippen LogP contribution in [-0.2, 0) is 11.2 Å². The van der Waals surface area contributed by atoms with Crippen LogP contribution < -0.4 is 0 Å². The topological polar surface area (TPSA) is 40.5 Å². The number of nitrogens with zero attached hydrogens (tertiary/aromatic N) is 1. The van der Waals surface area contributed by atoms with E-state index in [0.29, 0.717) is 11.4 Å². The first-order valence-electron chi connectivity index (χ1n) is 5.79. The van der Waals surface area contributed by atoms with Gasteiger partial charge in [-0.3, -0.25) is 9.69 Å². The van der Waals surface area contributed by atoms with Gasteiger partial charge in [0, 0.05) is 5.02 Å². The molecule has 0 saturated carbocycles. The highest BCUT2D eigenvalue weighted by Crippen LogP contribution is 2.13. The summed E-state index contributed by atoms with van der Waals surface area (Å²) in [6.45, 7) is 5.42. The lowest BCUT2D eigenvalue weighted by Gasteiger charge is -2.26. The van der Waals surface area contributed by atoms with Gasteiger partial charge in [-0.15, -0.1) is 0 Å². The zero-order valence-electron chi connectivity index (χ0n) is 10.2. The van der Waals surface area contributed by atoms with E-state index in [1.807, 2.05) is 30.9 Å². The van der Waals surface area contributed by atoms with Crippen molar-refractivity contribution in [2.24, 2.45) is 0 Å². The molecule has 0 amide bonds. The largest absolute Gasteiger partial charge is 0.480 e. The van der Waals surface area contributed by atoms with E-state index in [0.717, 1.165) is 18.7 Å². The highest BCUT2D eigenvalue weighted by molar-refractivity contribution is 6.30. The minimum absolute atomic E-state index is 0.467. The molecule has 1 aromatic rings. The Labute approximate surface area is 107 Å². The molecule has 1 rings (SSSR count). The number of aliphatic carboxylic acids is 1. The van der Waals surface area contributed by atoms with E-state index in [9.17, 15) is 9.90 Å². The zero-order valence-corrected chi connectivity index (χ0v) is 10.9. The molecule has 0 aliphatic rings. The summed E-state index contributed by atoms with van der Waals surface area (Å²) in [5, 5.41) is 9.92. The fraction of sp³-hybridized carbons (Fsp3) is 0.462. The van der Waals surface area contributed by atoms with Crippen LogP contribution in [0, 0.1) is 0 Å². The van der Waals surface area contributed by atoms with Crippen LogP contribution in [0.3, 0.4) is 0 Å². The molecule has 1 atom stereocenters. The smallest absolute Gasteiger partial charge is 0.321 e. The van der Waals surface area contributed by atoms with Gasteiger partial charge in [0.1, 0.15) is 6.04 Å². The minimum atomic E-state index is -0.774. The van der Waals surface area contributed by atoms with Gasteiger partial charge in [0.15, 0.2) is 0 Å². The molecule has 0 fully saturated rings. The second kappa shape index (κ2) is 6.62. The van der Waals surface area contributed by atoms with Crippen molar-refractivity contribution in [1.29, 1.82) is 0 Å². The van der Waals surface area contributed by atoms with E-state index in [4.69, 9.17) is 11.6 Å². The molecule has 0 aliphatic carbocycles. The molecule has 0 radical (unpaired) electrons. The van der Waals surface area contributed by atoms with Gasteiger partial charge in [-0.2, -0.15) is 0 Å². The number of benzene rings is 1. The van der Waals surface area contributed by atoms with Crippen molar-refractivity contribution in [3.63, 3.8) is 0 Å². The average Bonchev–Trinajstić information content (AvgIpc) is 2.31. The van der Waals surface area contributed by atoms with E-state index in [2.05, 4.69) is 0 Å². The predicted molar refractivity (Wildman–Crippen MR) is 69.5 cm³/mol. The summed E-state index contributed by atoms with van der Waals surface area (Å²) >= 11 is 5.80. The predicted octanol–water partition coefficient (Wildman–Crippen LogP) is 2.68. The van der Waals surface area contributed by atoms with Crippen molar-refractivity contribution in [1.82, 2.24) is 4.90 Å². The van der Waals surface area contributed by atoms with E-state index >= 15 is 0 Å². The van der Waals surface area contributed by atoms with Crippen LogP contribution in [0.5, 0.6) is 0 Å². The summed E-state index contributed by atoms with van der Waals surface area (Å²) in [5.41, 5.74) is 0.994. The molecule has 94 valence electrons. The fourth-order valence-corrected chi connectivity index (χ4v) is 2.01. The molecule has 0 saturated heterocycles. The summed E-state index contributed by atoms with van der Waals surface area (Å²) in [7, 11) is 0. The number of rotatable bonds is 6. The highest BCUT2D eigenvalue weighted by atomic mass is 35.5. The highest BCUT2D eigenvalue weighted by Gasteiger charge is 2.23. The van der Waals surface area contributed by atoms with Crippen LogP contribution in [0.2, 0.25) is 5.02 Å². The molecule has 1 aromatic carbocycles. The Balaban J connectivity index is 2.79. The Morgan fingerprint density at radius 1 is 1.29 bits per heavy atom. The molecule has 0 heterocycles. The van der Waals surface area contributed by atoms with Crippen LogP contribution in [0.25, 0.3) is 0 Å². The number of halogens is 1. The molecule has 0 spiro atoms. The minimum Gasteiger partial charge on any atom is -0.480 e. The third-order valence-electron chi connectivity index (χ3n) is 2.88. The molecular formula is C13H18ClNO2. The lowest BCUT2D eigenvalue weighted by atomic mass is 10.0. The fourth-order valence-electron chi connectivity index (χ4n) is 1.88. The van der Waals surface area contributed by atoms with Crippen LogP contribution in [0.15, 0.2) is 24.3 Å². The summed E-state index contributed by atoms with van der Waals surface area (Å²) in [6, 6.07) is 6.87. The Hall–Kier alpha value is -1.06. The molecule has 0 unspecified atom stereocenters. The SMILES string of the molecule is CCN(CC)[C@@H](Cc1ccc(Cl)cc1)C(=O)O. The monoisotopic (exact) mass is 255 g/mol. The third-order valence-corrected chi connectivity index (χ3v) is 3.13. The maximum Gasteiger partial charge on any atom is 0.321 e. The number of likely N-dealkylation sites (N-methyl/N-ethyl adjacent to an activating group) is 1. The maximum absolute atomic E-state index is 11.3. The summed E-state index contributed by atoms with van der Waals surface area (Å²) in [5.74, 6) is -0.774. The van der Waals surface area contributed by atoms with Crippen LogP contribution in [0.1, 0.15) is 19.4 Å². The number of carboxylic acid groups (broad SMARTS) is 1. The first kappa shape index (κ1) is 14.0. The van der Waals surface area contributed by atoms with Gasteiger partial charge >= 0.3 is 5.97 Å². The number of hydrogen-bond acceptors (Lipinski definition) is 2. The summed E-state index contributed by atoms with van der Waals surface area (Å²) in [4.78, 5) is 13.2. The van der Waals surface area contributed by atoms with Crippen molar-refractivity contribution in [2.45, 2.75) is 26.3 Å². The van der Waals surface area contributed by atoms with Crippen molar-refractivity contribution in [2.75, 3.05) is 13.1 Å². The average molecular weight is 256 g/mol. The van der Waals surface area contributed by atoms with Crippen molar-refractivity contribution in [3.8, 4) is 0 Å². The van der Waals surface area contributed by atoms with E-state index in [1.54, 1.807) is 12.1 Å². The first-order valence-corrected chi connectivity index (χ1v) is 6.17. The first-order chi connectivity index (χ1) is 8.08. The number of hydrogen-bond donors (Lipinski definition) is 1. The van der Waals surface area contributed by atoms with Gasteiger partial charge in [0.25, 0.3) is 0 Å². The molecule has 17 heavy (non-hydrogen) atoms. The molecular weight excluding hydrogens is 238 g/mol. The number of carbonyl (C=O) groups is 1. The normalized spacial score (nSPS) is 12.7.